The highest BCUT2D eigenvalue weighted by atomic mass is 28.2. The summed E-state index contributed by atoms with van der Waals surface area (Å²) in [5, 5.41) is 0.0290. The van der Waals surface area contributed by atoms with Crippen LogP contribution in [0.2, 0.25) is 0 Å². The third-order valence-corrected chi connectivity index (χ3v) is 3.15. The third-order valence-electron chi connectivity index (χ3n) is 1.95. The van der Waals surface area contributed by atoms with Gasteiger partial charge in [0.05, 0.1) is 0 Å². The van der Waals surface area contributed by atoms with Gasteiger partial charge in [0.15, 0.2) is 9.76 Å². The summed E-state index contributed by atoms with van der Waals surface area (Å²) in [6.07, 6.45) is 0. The fraction of sp³-hybridized carbons (Fsp3) is 0.333. The third kappa shape index (κ3) is 1.91. The van der Waals surface area contributed by atoms with E-state index in [4.69, 9.17) is 0 Å². The Kier molecular flexibility index (Phi) is 2.47. The van der Waals surface area contributed by atoms with Crippen molar-refractivity contribution in [3.8, 4) is 0 Å². The fourth-order valence-electron chi connectivity index (χ4n) is 0.981. The second-order valence-corrected chi connectivity index (χ2v) is 5.49. The van der Waals surface area contributed by atoms with Crippen molar-refractivity contribution in [1.82, 2.24) is 0 Å². The second kappa shape index (κ2) is 3.20. The zero-order valence-electron chi connectivity index (χ0n) is 7.04. The Balaban J connectivity index is 2.93. The minimum absolute atomic E-state index is 0.0290. The topological polar surface area (TPSA) is 20.2 Å². The van der Waals surface area contributed by atoms with Gasteiger partial charge >= 0.3 is 0 Å². The van der Waals surface area contributed by atoms with Crippen molar-refractivity contribution in [2.75, 3.05) is 0 Å². The molecule has 0 aliphatic carbocycles. The van der Waals surface area contributed by atoms with Crippen molar-refractivity contribution >= 4 is 9.76 Å². The van der Waals surface area contributed by atoms with Crippen LogP contribution in [0.15, 0.2) is 30.3 Å². The summed E-state index contributed by atoms with van der Waals surface area (Å²) in [5.41, 5.74) is 1.24. The number of hydrogen-bond acceptors (Lipinski definition) is 1. The lowest BCUT2D eigenvalue weighted by molar-refractivity contribution is 0.543. The SMILES string of the molecule is CC(C)([SiH2]O)c1ccccc1. The summed E-state index contributed by atoms with van der Waals surface area (Å²) < 4.78 is 0. The Morgan fingerprint density at radius 1 is 1.18 bits per heavy atom. The zero-order chi connectivity index (χ0) is 8.32. The van der Waals surface area contributed by atoms with E-state index in [1.54, 1.807) is 0 Å². The van der Waals surface area contributed by atoms with Crippen molar-refractivity contribution in [3.63, 3.8) is 0 Å². The van der Waals surface area contributed by atoms with E-state index in [9.17, 15) is 4.80 Å². The molecular formula is C9H14OSi. The molecule has 0 fully saturated rings. The summed E-state index contributed by atoms with van der Waals surface area (Å²) in [7, 11) is -0.956. The lowest BCUT2D eigenvalue weighted by atomic mass is 10.0. The smallest absolute Gasteiger partial charge is 0.166 e. The van der Waals surface area contributed by atoms with Gasteiger partial charge in [0.2, 0.25) is 0 Å². The van der Waals surface area contributed by atoms with Crippen LogP contribution in [0, 0.1) is 0 Å². The summed E-state index contributed by atoms with van der Waals surface area (Å²) in [6, 6.07) is 10.2. The van der Waals surface area contributed by atoms with Crippen molar-refractivity contribution in [1.29, 1.82) is 0 Å². The van der Waals surface area contributed by atoms with Gasteiger partial charge in [-0.15, -0.1) is 0 Å². The predicted octanol–water partition coefficient (Wildman–Crippen LogP) is 0.998. The molecular weight excluding hydrogens is 152 g/mol. The maximum Gasteiger partial charge on any atom is 0.166 e. The molecule has 0 aromatic heterocycles. The molecule has 0 saturated carbocycles. The van der Waals surface area contributed by atoms with Crippen molar-refractivity contribution in [3.05, 3.63) is 35.9 Å². The minimum Gasteiger partial charge on any atom is -0.437 e. The van der Waals surface area contributed by atoms with Gasteiger partial charge < -0.3 is 4.80 Å². The molecule has 60 valence electrons. The van der Waals surface area contributed by atoms with Crippen LogP contribution in [0.4, 0.5) is 0 Å². The largest absolute Gasteiger partial charge is 0.437 e. The number of rotatable bonds is 2. The molecule has 1 rings (SSSR count). The Labute approximate surface area is 70.0 Å². The molecule has 0 heterocycles. The summed E-state index contributed by atoms with van der Waals surface area (Å²) in [5.74, 6) is 0. The lowest BCUT2D eigenvalue weighted by Gasteiger charge is -2.20. The van der Waals surface area contributed by atoms with E-state index in [1.807, 2.05) is 18.2 Å². The predicted molar refractivity (Wildman–Crippen MR) is 50.2 cm³/mol. The molecule has 1 aromatic carbocycles. The molecule has 1 nitrogen and oxygen atoms in total. The van der Waals surface area contributed by atoms with Gasteiger partial charge in [-0.05, 0) is 5.56 Å². The first-order valence-corrected chi connectivity index (χ1v) is 5.17. The van der Waals surface area contributed by atoms with Crippen molar-refractivity contribution in [2.45, 2.75) is 18.9 Å². The fourth-order valence-corrected chi connectivity index (χ4v) is 1.40. The lowest BCUT2D eigenvalue weighted by Crippen LogP contribution is -2.25. The first-order chi connectivity index (χ1) is 5.17. The molecule has 0 amide bonds. The Hall–Kier alpha value is -0.603. The molecule has 0 spiro atoms. The Morgan fingerprint density at radius 2 is 1.73 bits per heavy atom. The summed E-state index contributed by atoms with van der Waals surface area (Å²) >= 11 is 0. The molecule has 11 heavy (non-hydrogen) atoms. The molecule has 0 aliphatic heterocycles. The van der Waals surface area contributed by atoms with Gasteiger partial charge in [-0.2, -0.15) is 0 Å². The van der Waals surface area contributed by atoms with E-state index >= 15 is 0 Å². The molecule has 0 unspecified atom stereocenters. The van der Waals surface area contributed by atoms with Crippen molar-refractivity contribution in [2.24, 2.45) is 0 Å². The zero-order valence-corrected chi connectivity index (χ0v) is 8.46. The second-order valence-electron chi connectivity index (χ2n) is 3.41. The summed E-state index contributed by atoms with van der Waals surface area (Å²) in [6.45, 7) is 4.18. The van der Waals surface area contributed by atoms with Crippen LogP contribution in [0.25, 0.3) is 0 Å². The van der Waals surface area contributed by atoms with Crippen LogP contribution >= 0.6 is 0 Å². The quantitative estimate of drug-likeness (QED) is 0.650. The van der Waals surface area contributed by atoms with Crippen molar-refractivity contribution < 1.29 is 4.80 Å². The molecule has 0 bridgehead atoms. The normalized spacial score (nSPS) is 12.6. The number of benzene rings is 1. The highest BCUT2D eigenvalue weighted by molar-refractivity contribution is 6.30. The first-order valence-electron chi connectivity index (χ1n) is 3.83. The monoisotopic (exact) mass is 166 g/mol. The molecule has 1 N–H and O–H groups in total. The van der Waals surface area contributed by atoms with Crippen LogP contribution in [-0.4, -0.2) is 14.6 Å². The average Bonchev–Trinajstić information content (AvgIpc) is 2.06. The average molecular weight is 166 g/mol. The van der Waals surface area contributed by atoms with Crippen LogP contribution in [0.1, 0.15) is 19.4 Å². The molecule has 0 atom stereocenters. The van der Waals surface area contributed by atoms with Crippen LogP contribution in [0.3, 0.4) is 0 Å². The van der Waals surface area contributed by atoms with Gasteiger partial charge in [0.1, 0.15) is 0 Å². The maximum absolute atomic E-state index is 9.19. The highest BCUT2D eigenvalue weighted by Crippen LogP contribution is 2.19. The molecule has 1 aromatic rings. The molecule has 2 heteroatoms. The minimum atomic E-state index is -0.956. The molecule has 0 radical (unpaired) electrons. The highest BCUT2D eigenvalue weighted by Gasteiger charge is 2.18. The van der Waals surface area contributed by atoms with Crippen LogP contribution in [0.5, 0.6) is 0 Å². The van der Waals surface area contributed by atoms with Crippen LogP contribution in [-0.2, 0) is 5.04 Å². The van der Waals surface area contributed by atoms with Crippen LogP contribution < -0.4 is 0 Å². The van der Waals surface area contributed by atoms with E-state index in [0.29, 0.717) is 0 Å². The maximum atomic E-state index is 9.19. The summed E-state index contributed by atoms with van der Waals surface area (Å²) in [4.78, 5) is 9.19. The van der Waals surface area contributed by atoms with E-state index < -0.39 is 9.76 Å². The van der Waals surface area contributed by atoms with E-state index in [-0.39, 0.29) is 5.04 Å². The van der Waals surface area contributed by atoms with Gasteiger partial charge in [0, 0.05) is 5.04 Å². The Bertz CT molecular complexity index is 218. The first kappa shape index (κ1) is 8.49. The van der Waals surface area contributed by atoms with E-state index in [1.165, 1.54) is 5.56 Å². The Morgan fingerprint density at radius 3 is 2.18 bits per heavy atom. The van der Waals surface area contributed by atoms with E-state index in [0.717, 1.165) is 0 Å². The van der Waals surface area contributed by atoms with Gasteiger partial charge in [-0.3, -0.25) is 0 Å². The van der Waals surface area contributed by atoms with Gasteiger partial charge in [-0.25, -0.2) is 0 Å². The molecule has 0 aliphatic rings. The standard InChI is InChI=1S/C9H14OSi/c1-9(2,11-10)8-6-4-3-5-7-8/h3-7,10H,11H2,1-2H3. The van der Waals surface area contributed by atoms with E-state index in [2.05, 4.69) is 26.0 Å². The molecule has 0 saturated heterocycles. The van der Waals surface area contributed by atoms with Gasteiger partial charge in [-0.1, -0.05) is 44.2 Å². The van der Waals surface area contributed by atoms with Gasteiger partial charge in [0.25, 0.3) is 0 Å². The number of hydrogen-bond donors (Lipinski definition) is 1.